The van der Waals surface area contributed by atoms with Crippen LogP contribution in [0.3, 0.4) is 0 Å². The molecule has 0 fully saturated rings. The minimum atomic E-state index is 1.11. The van der Waals surface area contributed by atoms with Crippen molar-refractivity contribution in [3.8, 4) is 0 Å². The fourth-order valence-electron chi connectivity index (χ4n) is 0.791. The molecule has 1 heteroatoms. The molecule has 0 saturated heterocycles. The predicted octanol–water partition coefficient (Wildman–Crippen LogP) is 3.91. The van der Waals surface area contributed by atoms with Gasteiger partial charge in [-0.25, -0.2) is 0 Å². The Balaban J connectivity index is 2.77. The first kappa shape index (κ1) is 10.0. The Morgan fingerprint density at radius 1 is 1.20 bits per heavy atom. The summed E-state index contributed by atoms with van der Waals surface area (Å²) in [4.78, 5) is 0. The van der Waals surface area contributed by atoms with Crippen molar-refractivity contribution in [3.63, 3.8) is 0 Å². The Labute approximate surface area is 69.3 Å². The van der Waals surface area contributed by atoms with Gasteiger partial charge in [0, 0.05) is 5.54 Å². The van der Waals surface area contributed by atoms with E-state index in [0.717, 1.165) is 6.42 Å². The summed E-state index contributed by atoms with van der Waals surface area (Å²) in [6, 6.07) is 0. The summed E-state index contributed by atoms with van der Waals surface area (Å²) in [5, 5.41) is 0. The molecule has 59 valence electrons. The highest BCUT2D eigenvalue weighted by molar-refractivity contribution is 6.25. The van der Waals surface area contributed by atoms with E-state index >= 15 is 0 Å². The van der Waals surface area contributed by atoms with Crippen LogP contribution in [0.5, 0.6) is 0 Å². The molecule has 10 heavy (non-hydrogen) atoms. The van der Waals surface area contributed by atoms with E-state index in [1.807, 2.05) is 6.08 Å². The quantitative estimate of drug-likeness (QED) is 0.516. The summed E-state index contributed by atoms with van der Waals surface area (Å²) in [6.07, 6.45) is 10.5. The summed E-state index contributed by atoms with van der Waals surface area (Å²) in [6.45, 7) is 2.20. The van der Waals surface area contributed by atoms with Crippen molar-refractivity contribution in [2.75, 3.05) is 0 Å². The number of hydrogen-bond acceptors (Lipinski definition) is 0. The summed E-state index contributed by atoms with van der Waals surface area (Å²) in [5.41, 5.74) is 1.60. The molecule has 0 N–H and O–H groups in total. The van der Waals surface area contributed by atoms with Crippen LogP contribution >= 0.6 is 11.6 Å². The number of rotatable bonds is 6. The Bertz CT molecular complexity index is 76.8. The molecule has 0 atom stereocenters. The monoisotopic (exact) mass is 159 g/mol. The van der Waals surface area contributed by atoms with Gasteiger partial charge in [0.1, 0.15) is 0 Å². The second-order valence-electron chi connectivity index (χ2n) is 2.37. The lowest BCUT2D eigenvalue weighted by molar-refractivity contribution is 0.763. The van der Waals surface area contributed by atoms with Gasteiger partial charge in [0.15, 0.2) is 0 Å². The van der Waals surface area contributed by atoms with E-state index in [9.17, 15) is 0 Å². The number of allylic oxidation sites excluding steroid dienone is 1. The normalized spacial score (nSPS) is 11.0. The van der Waals surface area contributed by atoms with E-state index in [1.165, 1.54) is 25.7 Å². The zero-order valence-corrected chi connectivity index (χ0v) is 7.40. The highest BCUT2D eigenvalue weighted by atomic mass is 35.5. The average Bonchev–Trinajstić information content (AvgIpc) is 1.97. The van der Waals surface area contributed by atoms with Crippen molar-refractivity contribution in [1.82, 2.24) is 0 Å². The van der Waals surface area contributed by atoms with Gasteiger partial charge in [0.2, 0.25) is 0 Å². The van der Waals surface area contributed by atoms with E-state index in [1.54, 1.807) is 5.54 Å². The van der Waals surface area contributed by atoms with Crippen molar-refractivity contribution in [1.29, 1.82) is 0 Å². The van der Waals surface area contributed by atoms with Gasteiger partial charge in [-0.3, -0.25) is 0 Å². The van der Waals surface area contributed by atoms with Crippen molar-refractivity contribution < 1.29 is 0 Å². The number of unbranched alkanes of at least 4 members (excludes halogenated alkanes) is 5. The number of halogens is 1. The maximum absolute atomic E-state index is 5.35. The maximum atomic E-state index is 5.35. The first-order valence-corrected chi connectivity index (χ1v) is 4.42. The fourth-order valence-corrected chi connectivity index (χ4v) is 0.917. The smallest absolute Gasteiger partial charge is 0.000245 e. The van der Waals surface area contributed by atoms with Crippen molar-refractivity contribution in [2.24, 2.45) is 0 Å². The Hall–Kier alpha value is 0.0300. The molecule has 0 aliphatic carbocycles. The van der Waals surface area contributed by atoms with Gasteiger partial charge in [-0.1, -0.05) is 37.4 Å². The highest BCUT2D eigenvalue weighted by Gasteiger charge is 1.85. The molecule has 0 bridgehead atoms. The molecule has 0 nitrogen and oxygen atoms in total. The Kier molecular flexibility index (Phi) is 9.06. The third kappa shape index (κ3) is 8.03. The minimum absolute atomic E-state index is 1.11. The Morgan fingerprint density at radius 3 is 2.60 bits per heavy atom. The van der Waals surface area contributed by atoms with Gasteiger partial charge in [-0.05, 0) is 25.7 Å². The molecular weight excluding hydrogens is 144 g/mol. The molecule has 0 aromatic carbocycles. The van der Waals surface area contributed by atoms with Crippen LogP contribution < -0.4 is 0 Å². The predicted molar refractivity (Wildman–Crippen MR) is 48.1 cm³/mol. The van der Waals surface area contributed by atoms with Crippen LogP contribution in [0.15, 0.2) is 11.6 Å². The zero-order chi connectivity index (χ0) is 7.66. The average molecular weight is 160 g/mol. The van der Waals surface area contributed by atoms with Crippen molar-refractivity contribution in [3.05, 3.63) is 18.0 Å². The first-order valence-electron chi connectivity index (χ1n) is 3.98. The topological polar surface area (TPSA) is 0 Å². The largest absolute Gasteiger partial charge is 0.0933 e. The summed E-state index contributed by atoms with van der Waals surface area (Å²) >= 11 is 5.35. The van der Waals surface area contributed by atoms with Crippen LogP contribution in [0.4, 0.5) is 0 Å². The van der Waals surface area contributed by atoms with Crippen molar-refractivity contribution in [2.45, 2.75) is 39.0 Å². The highest BCUT2D eigenvalue weighted by Crippen LogP contribution is 2.04. The summed E-state index contributed by atoms with van der Waals surface area (Å²) in [5.74, 6) is 0. The molecule has 0 rings (SSSR count). The second kappa shape index (κ2) is 9.03. The maximum Gasteiger partial charge on any atom is 0.000245 e. The van der Waals surface area contributed by atoms with Crippen molar-refractivity contribution >= 4 is 11.6 Å². The third-order valence-corrected chi connectivity index (χ3v) is 1.54. The van der Waals surface area contributed by atoms with Crippen LogP contribution in [0.1, 0.15) is 39.0 Å². The van der Waals surface area contributed by atoms with Crippen LogP contribution in [-0.4, -0.2) is 0 Å². The lowest BCUT2D eigenvalue weighted by Crippen LogP contribution is -1.76. The van der Waals surface area contributed by atoms with Crippen LogP contribution in [-0.2, 0) is 0 Å². The van der Waals surface area contributed by atoms with Gasteiger partial charge in [-0.2, -0.15) is 0 Å². The third-order valence-electron chi connectivity index (χ3n) is 1.36. The molecule has 0 aliphatic heterocycles. The molecular formula is C9H16Cl. The first-order chi connectivity index (χ1) is 4.91. The van der Waals surface area contributed by atoms with Gasteiger partial charge < -0.3 is 0 Å². The molecule has 0 amide bonds. The fraction of sp³-hybridized carbons (Fsp3) is 0.667. The van der Waals surface area contributed by atoms with Crippen LogP contribution in [0, 0.1) is 6.42 Å². The van der Waals surface area contributed by atoms with Gasteiger partial charge in [-0.15, -0.1) is 0 Å². The molecule has 0 heterocycles. The van der Waals surface area contributed by atoms with E-state index in [4.69, 9.17) is 11.6 Å². The van der Waals surface area contributed by atoms with Gasteiger partial charge in [0.25, 0.3) is 0 Å². The van der Waals surface area contributed by atoms with Crippen LogP contribution in [0.25, 0.3) is 0 Å². The number of hydrogen-bond donors (Lipinski definition) is 0. The van der Waals surface area contributed by atoms with E-state index in [-0.39, 0.29) is 0 Å². The van der Waals surface area contributed by atoms with Gasteiger partial charge in [0.05, 0.1) is 0 Å². The molecule has 0 spiro atoms. The molecule has 1 radical (unpaired) electrons. The molecule has 0 unspecified atom stereocenters. The van der Waals surface area contributed by atoms with E-state index in [0.29, 0.717) is 0 Å². The standard InChI is InChI=1S/C9H16Cl/c1-2-3-4-5-6-7-8-9-10/h4,8-9H,2-3,5-7H2,1H3. The second-order valence-corrected chi connectivity index (χ2v) is 2.62. The summed E-state index contributed by atoms with van der Waals surface area (Å²) < 4.78 is 0. The zero-order valence-electron chi connectivity index (χ0n) is 6.65. The molecule has 0 saturated carbocycles. The lowest BCUT2D eigenvalue weighted by atomic mass is 10.1. The molecule has 0 aromatic heterocycles. The van der Waals surface area contributed by atoms with E-state index in [2.05, 4.69) is 13.3 Å². The molecule has 0 aromatic rings. The minimum Gasteiger partial charge on any atom is -0.0933 e. The Morgan fingerprint density at radius 2 is 2.00 bits per heavy atom. The lowest BCUT2D eigenvalue weighted by Gasteiger charge is -1.94. The summed E-state index contributed by atoms with van der Waals surface area (Å²) in [7, 11) is 0. The van der Waals surface area contributed by atoms with Gasteiger partial charge >= 0.3 is 0 Å². The molecule has 0 aliphatic rings. The van der Waals surface area contributed by atoms with Crippen LogP contribution in [0.2, 0.25) is 0 Å². The SMILES string of the molecule is CCC[CH]CCCC=CCl. The van der Waals surface area contributed by atoms with E-state index < -0.39 is 0 Å².